The summed E-state index contributed by atoms with van der Waals surface area (Å²) in [6.07, 6.45) is -4.87. The molecule has 0 fully saturated rings. The molecule has 32 heavy (non-hydrogen) atoms. The third-order valence-corrected chi connectivity index (χ3v) is 4.84. The number of hydrogen-bond acceptors (Lipinski definition) is 6. The summed E-state index contributed by atoms with van der Waals surface area (Å²) in [5.41, 5.74) is -1.40. The van der Waals surface area contributed by atoms with Crippen LogP contribution in [0.5, 0.6) is 11.5 Å². The number of ether oxygens (including phenoxy) is 2. The van der Waals surface area contributed by atoms with Crippen LogP contribution in [0.2, 0.25) is 10.0 Å². The quantitative estimate of drug-likeness (QED) is 0.491. The Kier molecular flexibility index (Phi) is 8.26. The molecule has 0 aromatic heterocycles. The number of hydrogen-bond donors (Lipinski definition) is 3. The molecule has 0 bridgehead atoms. The van der Waals surface area contributed by atoms with E-state index in [2.05, 4.69) is 10.1 Å². The molecule has 1 amide bonds. The maximum atomic E-state index is 12.4. The minimum Gasteiger partial charge on any atom is -0.488 e. The third kappa shape index (κ3) is 6.43. The second kappa shape index (κ2) is 10.3. The Balaban J connectivity index is 2.14. The van der Waals surface area contributed by atoms with Crippen molar-refractivity contribution in [1.29, 1.82) is 5.26 Å². The number of carbonyl (C=O) groups excluding carboxylic acids is 1. The second-order valence-corrected chi connectivity index (χ2v) is 7.39. The van der Waals surface area contributed by atoms with E-state index in [1.807, 2.05) is 6.07 Å². The molecule has 1 atom stereocenters. The molecular formula is C19H15BCl2F3N2O5. The van der Waals surface area contributed by atoms with E-state index >= 15 is 0 Å². The fraction of sp³-hybridized carbons (Fsp3) is 0.263. The van der Waals surface area contributed by atoms with Crippen molar-refractivity contribution in [1.82, 2.24) is 5.32 Å². The van der Waals surface area contributed by atoms with Crippen LogP contribution in [-0.2, 0) is 6.61 Å². The van der Waals surface area contributed by atoms with Gasteiger partial charge in [0.15, 0.2) is 5.54 Å². The Bertz CT molecular complexity index is 1030. The molecule has 0 saturated heterocycles. The maximum Gasteiger partial charge on any atom is 0.573 e. The Morgan fingerprint density at radius 3 is 2.41 bits per heavy atom. The van der Waals surface area contributed by atoms with Crippen LogP contribution in [0.3, 0.4) is 0 Å². The SMILES string of the molecule is CC(C#N)(COc1cc(Cl)c(CO)c([B]O)c1Cl)NC(=O)c1ccc(OC(F)(F)F)cc1. The van der Waals surface area contributed by atoms with Crippen LogP contribution in [0.4, 0.5) is 13.2 Å². The Morgan fingerprint density at radius 2 is 1.91 bits per heavy atom. The lowest BCUT2D eigenvalue weighted by Crippen LogP contribution is -2.49. The number of benzene rings is 2. The molecule has 0 heterocycles. The number of halogens is 5. The first-order valence-corrected chi connectivity index (χ1v) is 9.50. The van der Waals surface area contributed by atoms with Crippen molar-refractivity contribution < 1.29 is 37.6 Å². The molecule has 0 spiro atoms. The van der Waals surface area contributed by atoms with E-state index in [4.69, 9.17) is 27.9 Å². The summed E-state index contributed by atoms with van der Waals surface area (Å²) in [5, 5.41) is 30.6. The van der Waals surface area contributed by atoms with Crippen molar-refractivity contribution in [3.05, 3.63) is 51.5 Å². The molecule has 1 unspecified atom stereocenters. The van der Waals surface area contributed by atoms with Gasteiger partial charge in [-0.3, -0.25) is 4.79 Å². The van der Waals surface area contributed by atoms with Crippen molar-refractivity contribution in [2.45, 2.75) is 25.4 Å². The number of aliphatic hydroxyl groups excluding tert-OH is 1. The highest BCUT2D eigenvalue weighted by atomic mass is 35.5. The standard InChI is InChI=1S/C19H15BCl2F3N2O5/c1-18(8-26,9-31-14-6-13(21)12(7-28)15(20-30)16(14)22)27-17(29)10-2-4-11(5-3-10)32-19(23,24)25/h2-6,28,30H,7,9H2,1H3,(H,27,29). The number of nitrogens with one attached hydrogen (secondary N) is 1. The topological polar surface area (TPSA) is 112 Å². The molecule has 1 radical (unpaired) electrons. The number of amides is 1. The number of nitriles is 1. The summed E-state index contributed by atoms with van der Waals surface area (Å²) < 4.78 is 46.0. The lowest BCUT2D eigenvalue weighted by molar-refractivity contribution is -0.274. The third-order valence-electron chi connectivity index (χ3n) is 4.11. The smallest absolute Gasteiger partial charge is 0.488 e. The van der Waals surface area contributed by atoms with E-state index in [0.717, 1.165) is 24.3 Å². The Hall–Kier alpha value is -2.65. The van der Waals surface area contributed by atoms with Gasteiger partial charge < -0.3 is 24.9 Å². The van der Waals surface area contributed by atoms with Crippen molar-refractivity contribution >= 4 is 42.1 Å². The van der Waals surface area contributed by atoms with Crippen LogP contribution in [0.25, 0.3) is 0 Å². The molecule has 0 aliphatic rings. The van der Waals surface area contributed by atoms with Crippen molar-refractivity contribution in [3.63, 3.8) is 0 Å². The van der Waals surface area contributed by atoms with E-state index in [1.165, 1.54) is 13.0 Å². The van der Waals surface area contributed by atoms with Gasteiger partial charge in [0, 0.05) is 16.7 Å². The van der Waals surface area contributed by atoms with Gasteiger partial charge in [0.1, 0.15) is 18.1 Å². The highest BCUT2D eigenvalue weighted by Crippen LogP contribution is 2.30. The lowest BCUT2D eigenvalue weighted by Gasteiger charge is -2.24. The molecule has 2 aromatic rings. The molecule has 0 saturated carbocycles. The lowest BCUT2D eigenvalue weighted by atomic mass is 9.84. The van der Waals surface area contributed by atoms with Gasteiger partial charge in [0.05, 0.1) is 17.7 Å². The molecule has 7 nitrogen and oxygen atoms in total. The molecule has 169 valence electrons. The average molecular weight is 490 g/mol. The van der Waals surface area contributed by atoms with Crippen molar-refractivity contribution in [2.75, 3.05) is 6.61 Å². The summed E-state index contributed by atoms with van der Waals surface area (Å²) in [6.45, 7) is 0.455. The summed E-state index contributed by atoms with van der Waals surface area (Å²) >= 11 is 12.2. The van der Waals surface area contributed by atoms with Crippen LogP contribution in [0.15, 0.2) is 30.3 Å². The van der Waals surface area contributed by atoms with Crippen LogP contribution in [0, 0.1) is 11.3 Å². The summed E-state index contributed by atoms with van der Waals surface area (Å²) in [4.78, 5) is 12.4. The van der Waals surface area contributed by atoms with Crippen LogP contribution < -0.4 is 20.3 Å². The van der Waals surface area contributed by atoms with Gasteiger partial charge >= 0.3 is 13.8 Å². The van der Waals surface area contributed by atoms with Gasteiger partial charge in [-0.05, 0) is 42.2 Å². The summed E-state index contributed by atoms with van der Waals surface area (Å²) in [7, 11) is 0.643. The van der Waals surface area contributed by atoms with E-state index in [-0.39, 0.29) is 32.4 Å². The zero-order valence-corrected chi connectivity index (χ0v) is 17.8. The normalized spacial score (nSPS) is 13.0. The average Bonchev–Trinajstić information content (AvgIpc) is 2.73. The highest BCUT2D eigenvalue weighted by Gasteiger charge is 2.32. The van der Waals surface area contributed by atoms with Crippen LogP contribution in [-0.4, -0.2) is 42.0 Å². The summed E-state index contributed by atoms with van der Waals surface area (Å²) in [6, 6.07) is 7.27. The molecular weight excluding hydrogens is 475 g/mol. The first-order chi connectivity index (χ1) is 14.9. The molecule has 2 rings (SSSR count). The zero-order valence-electron chi connectivity index (χ0n) is 16.3. The van der Waals surface area contributed by atoms with Gasteiger partial charge in [-0.2, -0.15) is 5.26 Å². The fourth-order valence-electron chi connectivity index (χ4n) is 2.51. The Labute approximate surface area is 191 Å². The number of alkyl halides is 3. The van der Waals surface area contributed by atoms with Gasteiger partial charge in [-0.25, -0.2) is 0 Å². The molecule has 3 N–H and O–H groups in total. The monoisotopic (exact) mass is 489 g/mol. The van der Waals surface area contributed by atoms with Crippen LogP contribution >= 0.6 is 23.2 Å². The fourth-order valence-corrected chi connectivity index (χ4v) is 3.04. The molecule has 0 aliphatic carbocycles. The maximum absolute atomic E-state index is 12.4. The zero-order chi connectivity index (χ0) is 24.1. The van der Waals surface area contributed by atoms with Gasteiger partial charge in [0.25, 0.3) is 5.91 Å². The predicted molar refractivity (Wildman–Crippen MR) is 110 cm³/mol. The van der Waals surface area contributed by atoms with Gasteiger partial charge in [-0.15, -0.1) is 13.2 Å². The van der Waals surface area contributed by atoms with E-state index in [1.54, 1.807) is 0 Å². The second-order valence-electron chi connectivity index (χ2n) is 6.61. The summed E-state index contributed by atoms with van der Waals surface area (Å²) in [5.74, 6) is -1.27. The van der Waals surface area contributed by atoms with Gasteiger partial charge in [-0.1, -0.05) is 23.2 Å². The number of rotatable bonds is 8. The largest absolute Gasteiger partial charge is 0.573 e. The van der Waals surface area contributed by atoms with E-state index < -0.39 is 36.8 Å². The Morgan fingerprint density at radius 1 is 1.28 bits per heavy atom. The minimum absolute atomic E-state index is 0.0152. The molecule has 0 aliphatic heterocycles. The van der Waals surface area contributed by atoms with Crippen LogP contribution in [0.1, 0.15) is 22.8 Å². The molecule has 2 aromatic carbocycles. The highest BCUT2D eigenvalue weighted by molar-refractivity contribution is 6.54. The first kappa shape index (κ1) is 25.6. The van der Waals surface area contributed by atoms with Gasteiger partial charge in [0.2, 0.25) is 0 Å². The van der Waals surface area contributed by atoms with Crippen molar-refractivity contribution in [3.8, 4) is 17.6 Å². The minimum atomic E-state index is -4.87. The number of nitrogens with zero attached hydrogens (tertiary/aromatic N) is 1. The first-order valence-electron chi connectivity index (χ1n) is 8.74. The van der Waals surface area contributed by atoms with Crippen molar-refractivity contribution in [2.24, 2.45) is 0 Å². The number of carbonyl (C=O) groups is 1. The number of aliphatic hydroxyl groups is 1. The molecule has 13 heteroatoms. The van der Waals surface area contributed by atoms with E-state index in [9.17, 15) is 33.4 Å². The predicted octanol–water partition coefficient (Wildman–Crippen LogP) is 2.71. The van der Waals surface area contributed by atoms with E-state index in [0.29, 0.717) is 7.48 Å².